The topological polar surface area (TPSA) is 81.7 Å². The fourth-order valence-corrected chi connectivity index (χ4v) is 8.38. The molecule has 5 aliphatic rings. The number of fused-ring (bicyclic) bond motifs is 7. The van der Waals surface area contributed by atoms with Gasteiger partial charge in [-0.05, 0) is 68.6 Å². The second-order valence-electron chi connectivity index (χ2n) is 10.8. The Bertz CT molecular complexity index is 851. The maximum Gasteiger partial charge on any atom is 0.408 e. The molecule has 0 spiro atoms. The highest BCUT2D eigenvalue weighted by Gasteiger charge is 2.74. The van der Waals surface area contributed by atoms with Crippen LogP contribution in [0.5, 0.6) is 0 Å². The van der Waals surface area contributed by atoms with Gasteiger partial charge in [0, 0.05) is 18.8 Å². The number of hydrogen-bond donors (Lipinski definition) is 1. The molecule has 164 valence electrons. The van der Waals surface area contributed by atoms with E-state index < -0.39 is 11.7 Å². The lowest BCUT2D eigenvalue weighted by Gasteiger charge is -2.58. The third-order valence-corrected chi connectivity index (χ3v) is 9.68. The van der Waals surface area contributed by atoms with E-state index in [4.69, 9.17) is 9.47 Å². The maximum absolute atomic E-state index is 12.9. The molecule has 3 saturated carbocycles. The molecule has 4 fully saturated rings. The van der Waals surface area contributed by atoms with Gasteiger partial charge in [-0.2, -0.15) is 0 Å². The van der Waals surface area contributed by atoms with Crippen molar-refractivity contribution in [1.29, 1.82) is 0 Å². The van der Waals surface area contributed by atoms with Gasteiger partial charge in [-0.3, -0.25) is 9.59 Å². The number of alkyl carbamates (subject to hydrolysis) is 1. The quantitative estimate of drug-likeness (QED) is 0.546. The molecule has 5 rings (SSSR count). The van der Waals surface area contributed by atoms with Crippen LogP contribution in [0.3, 0.4) is 0 Å². The Labute approximate surface area is 178 Å². The van der Waals surface area contributed by atoms with E-state index in [9.17, 15) is 14.4 Å². The van der Waals surface area contributed by atoms with E-state index in [1.807, 2.05) is 0 Å². The summed E-state index contributed by atoms with van der Waals surface area (Å²) in [4.78, 5) is 36.4. The first kappa shape index (κ1) is 20.1. The number of allylic oxidation sites excluding steroid dienone is 1. The van der Waals surface area contributed by atoms with Crippen LogP contribution in [0.2, 0.25) is 0 Å². The van der Waals surface area contributed by atoms with E-state index in [1.165, 1.54) is 12.5 Å². The molecule has 6 heteroatoms. The summed E-state index contributed by atoms with van der Waals surface area (Å²) in [6, 6.07) is -0.214. The largest absolute Gasteiger partial charge is 0.462 e. The van der Waals surface area contributed by atoms with Crippen molar-refractivity contribution in [3.8, 4) is 0 Å². The molecule has 1 aliphatic heterocycles. The Morgan fingerprint density at radius 2 is 1.93 bits per heavy atom. The van der Waals surface area contributed by atoms with Crippen LogP contribution in [0.15, 0.2) is 11.6 Å². The summed E-state index contributed by atoms with van der Waals surface area (Å²) >= 11 is 0. The molecule has 30 heavy (non-hydrogen) atoms. The Morgan fingerprint density at radius 1 is 1.17 bits per heavy atom. The summed E-state index contributed by atoms with van der Waals surface area (Å²) in [5.41, 5.74) is 0.248. The minimum Gasteiger partial charge on any atom is -0.462 e. The number of amides is 1. The molecule has 1 saturated heterocycles. The fraction of sp³-hybridized carbons (Fsp3) is 0.792. The molecule has 1 N–H and O–H groups in total. The Kier molecular flexibility index (Phi) is 4.24. The molecule has 0 aromatic heterocycles. The SMILES string of the molecule is CC(=O)OC1CCC2(C)C(=CCC3C2CCC2(C)C3CC3NC(=O)OC32C(C)=O)C1. The van der Waals surface area contributed by atoms with Crippen LogP contribution in [0.1, 0.15) is 72.6 Å². The minimum absolute atomic E-state index is 0.00247. The highest BCUT2D eigenvalue weighted by molar-refractivity contribution is 5.93. The zero-order valence-corrected chi connectivity index (χ0v) is 18.5. The third-order valence-electron chi connectivity index (χ3n) is 9.68. The molecule has 8 unspecified atom stereocenters. The molecule has 0 aromatic rings. The first-order chi connectivity index (χ1) is 14.1. The average Bonchev–Trinajstić information content (AvgIpc) is 3.12. The summed E-state index contributed by atoms with van der Waals surface area (Å²) < 4.78 is 11.3. The number of carbonyl (C=O) groups excluding carboxylic acids is 3. The summed E-state index contributed by atoms with van der Waals surface area (Å²) in [7, 11) is 0. The third kappa shape index (κ3) is 2.39. The standard InChI is InChI=1S/C24H33NO5/c1-13(26)24-20(25-21(28)30-24)12-19-17-6-5-15-11-16(29-14(2)27)7-9-22(15,3)18(17)8-10-23(19,24)4/h5,16-20H,6-12H2,1-4H3,(H,25,28). The van der Waals surface area contributed by atoms with Crippen molar-refractivity contribution < 1.29 is 23.9 Å². The average molecular weight is 416 g/mol. The number of nitrogens with one attached hydrogen (secondary N) is 1. The van der Waals surface area contributed by atoms with E-state index in [1.54, 1.807) is 6.92 Å². The first-order valence-corrected chi connectivity index (χ1v) is 11.5. The molecule has 0 bridgehead atoms. The number of ether oxygens (including phenoxy) is 2. The van der Waals surface area contributed by atoms with Gasteiger partial charge in [-0.15, -0.1) is 0 Å². The van der Waals surface area contributed by atoms with E-state index in [-0.39, 0.29) is 34.7 Å². The van der Waals surface area contributed by atoms with Gasteiger partial charge in [0.1, 0.15) is 6.10 Å². The molecule has 8 atom stereocenters. The van der Waals surface area contributed by atoms with Crippen LogP contribution in [0.25, 0.3) is 0 Å². The minimum atomic E-state index is -1.02. The summed E-state index contributed by atoms with van der Waals surface area (Å²) in [5.74, 6) is 1.19. The van der Waals surface area contributed by atoms with Crippen molar-refractivity contribution in [2.45, 2.75) is 90.4 Å². The lowest BCUT2D eigenvalue weighted by atomic mass is 9.46. The molecule has 4 aliphatic carbocycles. The predicted octanol–water partition coefficient (Wildman–Crippen LogP) is 3.93. The van der Waals surface area contributed by atoms with E-state index >= 15 is 0 Å². The van der Waals surface area contributed by atoms with Gasteiger partial charge in [0.25, 0.3) is 0 Å². The van der Waals surface area contributed by atoms with Crippen molar-refractivity contribution in [3.63, 3.8) is 0 Å². The van der Waals surface area contributed by atoms with Crippen LogP contribution in [-0.4, -0.2) is 35.6 Å². The monoisotopic (exact) mass is 415 g/mol. The van der Waals surface area contributed by atoms with Crippen LogP contribution >= 0.6 is 0 Å². The second-order valence-corrected chi connectivity index (χ2v) is 10.8. The normalized spacial score (nSPS) is 48.9. The zero-order chi connectivity index (χ0) is 21.5. The van der Waals surface area contributed by atoms with Gasteiger partial charge in [0.05, 0.1) is 6.04 Å². The summed E-state index contributed by atoms with van der Waals surface area (Å²) in [5, 5.41) is 2.96. The van der Waals surface area contributed by atoms with Gasteiger partial charge in [-0.1, -0.05) is 25.5 Å². The number of carbonyl (C=O) groups is 3. The highest BCUT2D eigenvalue weighted by atomic mass is 16.6. The molecular formula is C24H33NO5. The number of ketones is 1. The Hall–Kier alpha value is -1.85. The number of esters is 1. The van der Waals surface area contributed by atoms with Crippen molar-refractivity contribution >= 4 is 17.8 Å². The highest BCUT2D eigenvalue weighted by Crippen LogP contribution is 2.68. The Morgan fingerprint density at radius 3 is 2.63 bits per heavy atom. The zero-order valence-electron chi connectivity index (χ0n) is 18.5. The summed E-state index contributed by atoms with van der Waals surface area (Å²) in [6.45, 7) is 7.67. The van der Waals surface area contributed by atoms with E-state index in [2.05, 4.69) is 25.2 Å². The molecular weight excluding hydrogens is 382 g/mol. The number of Topliss-reactive ketones (excluding diaryl/α,β-unsaturated/α-hetero) is 1. The van der Waals surface area contributed by atoms with Crippen LogP contribution in [-0.2, 0) is 19.1 Å². The van der Waals surface area contributed by atoms with Gasteiger partial charge in [-0.25, -0.2) is 4.79 Å². The van der Waals surface area contributed by atoms with Gasteiger partial charge < -0.3 is 14.8 Å². The van der Waals surface area contributed by atoms with Gasteiger partial charge in [0.15, 0.2) is 11.4 Å². The molecule has 1 heterocycles. The molecule has 6 nitrogen and oxygen atoms in total. The first-order valence-electron chi connectivity index (χ1n) is 11.5. The van der Waals surface area contributed by atoms with Crippen molar-refractivity contribution in [3.05, 3.63) is 11.6 Å². The van der Waals surface area contributed by atoms with Gasteiger partial charge in [0.2, 0.25) is 0 Å². The van der Waals surface area contributed by atoms with Crippen molar-refractivity contribution in [2.24, 2.45) is 28.6 Å². The van der Waals surface area contributed by atoms with Crippen LogP contribution < -0.4 is 5.32 Å². The second kappa shape index (κ2) is 6.33. The fourth-order valence-electron chi connectivity index (χ4n) is 8.38. The van der Waals surface area contributed by atoms with Gasteiger partial charge >= 0.3 is 12.1 Å². The van der Waals surface area contributed by atoms with E-state index in [0.717, 1.165) is 44.9 Å². The Balaban J connectivity index is 1.46. The molecule has 0 radical (unpaired) electrons. The molecule has 1 amide bonds. The maximum atomic E-state index is 12.9. The lowest BCUT2D eigenvalue weighted by molar-refractivity contribution is -0.157. The van der Waals surface area contributed by atoms with E-state index in [0.29, 0.717) is 17.8 Å². The van der Waals surface area contributed by atoms with Crippen LogP contribution in [0, 0.1) is 28.6 Å². The van der Waals surface area contributed by atoms with Crippen molar-refractivity contribution in [1.82, 2.24) is 5.32 Å². The number of rotatable bonds is 2. The predicted molar refractivity (Wildman–Crippen MR) is 109 cm³/mol. The lowest BCUT2D eigenvalue weighted by Crippen LogP contribution is -2.59. The smallest absolute Gasteiger partial charge is 0.408 e. The van der Waals surface area contributed by atoms with Crippen molar-refractivity contribution in [2.75, 3.05) is 0 Å². The number of hydrogen-bond acceptors (Lipinski definition) is 5. The molecule has 0 aromatic carbocycles. The summed E-state index contributed by atoms with van der Waals surface area (Å²) in [6.07, 6.45) is 8.52. The van der Waals surface area contributed by atoms with Crippen LogP contribution in [0.4, 0.5) is 4.79 Å².